The predicted octanol–water partition coefficient (Wildman–Crippen LogP) is 3.81. The topological polar surface area (TPSA) is 37.3 Å². The molecule has 1 N–H and O–H groups in total. The van der Waals surface area contributed by atoms with Crippen molar-refractivity contribution in [2.45, 2.75) is 53.9 Å². The Hall–Kier alpha value is -0.530. The van der Waals surface area contributed by atoms with E-state index in [9.17, 15) is 4.79 Å². The minimum Gasteiger partial charge on any atom is -0.481 e. The van der Waals surface area contributed by atoms with Crippen molar-refractivity contribution in [2.24, 2.45) is 23.7 Å². The van der Waals surface area contributed by atoms with Crippen LogP contribution in [0.4, 0.5) is 0 Å². The van der Waals surface area contributed by atoms with E-state index in [1.807, 2.05) is 6.92 Å². The molecule has 0 spiro atoms. The molecular weight excluding hydrogens is 188 g/mol. The Morgan fingerprint density at radius 1 is 1.13 bits per heavy atom. The SMILES string of the molecule is CCC(C)CCC(C)C(C)C(C)C(=O)O. The molecule has 0 aromatic carbocycles. The summed E-state index contributed by atoms with van der Waals surface area (Å²) < 4.78 is 0. The molecule has 0 radical (unpaired) electrons. The fourth-order valence-corrected chi connectivity index (χ4v) is 1.73. The Kier molecular flexibility index (Phi) is 6.62. The lowest BCUT2D eigenvalue weighted by Gasteiger charge is -2.24. The normalized spacial score (nSPS) is 19.3. The number of aliphatic carboxylic acids is 1. The highest BCUT2D eigenvalue weighted by molar-refractivity contribution is 5.69. The van der Waals surface area contributed by atoms with E-state index in [0.29, 0.717) is 5.92 Å². The van der Waals surface area contributed by atoms with Crippen LogP contribution >= 0.6 is 0 Å². The molecule has 15 heavy (non-hydrogen) atoms. The molecule has 0 aromatic heterocycles. The standard InChI is InChI=1S/C13H26O2/c1-6-9(2)7-8-10(3)11(4)12(5)13(14)15/h9-12H,6-8H2,1-5H3,(H,14,15). The van der Waals surface area contributed by atoms with Gasteiger partial charge in [0.15, 0.2) is 0 Å². The Morgan fingerprint density at radius 2 is 1.67 bits per heavy atom. The Labute approximate surface area is 94.1 Å². The molecule has 0 heterocycles. The summed E-state index contributed by atoms with van der Waals surface area (Å²) in [6.07, 6.45) is 3.58. The van der Waals surface area contributed by atoms with Crippen LogP contribution in [0.3, 0.4) is 0 Å². The molecule has 90 valence electrons. The first-order chi connectivity index (χ1) is 6.90. The Morgan fingerprint density at radius 3 is 2.07 bits per heavy atom. The monoisotopic (exact) mass is 214 g/mol. The average Bonchev–Trinajstić information content (AvgIpc) is 2.22. The van der Waals surface area contributed by atoms with Gasteiger partial charge in [-0.25, -0.2) is 0 Å². The van der Waals surface area contributed by atoms with Crippen LogP contribution in [-0.4, -0.2) is 11.1 Å². The van der Waals surface area contributed by atoms with Crippen molar-refractivity contribution < 1.29 is 9.90 Å². The molecule has 0 aliphatic carbocycles. The van der Waals surface area contributed by atoms with Crippen LogP contribution in [0.25, 0.3) is 0 Å². The van der Waals surface area contributed by atoms with Gasteiger partial charge in [-0.3, -0.25) is 4.79 Å². The molecule has 0 aliphatic rings. The van der Waals surface area contributed by atoms with Crippen molar-refractivity contribution in [1.82, 2.24) is 0 Å². The molecule has 2 nitrogen and oxygen atoms in total. The van der Waals surface area contributed by atoms with E-state index < -0.39 is 5.97 Å². The first-order valence-electron chi connectivity index (χ1n) is 6.12. The average molecular weight is 214 g/mol. The Balaban J connectivity index is 3.98. The molecule has 0 rings (SSSR count). The number of carboxylic acid groups (broad SMARTS) is 1. The summed E-state index contributed by atoms with van der Waals surface area (Å²) in [5, 5.41) is 8.92. The molecule has 4 unspecified atom stereocenters. The zero-order valence-corrected chi connectivity index (χ0v) is 10.8. The van der Waals surface area contributed by atoms with Crippen molar-refractivity contribution >= 4 is 5.97 Å². The van der Waals surface area contributed by atoms with Crippen LogP contribution in [0, 0.1) is 23.7 Å². The molecule has 0 aliphatic heterocycles. The molecule has 2 heteroatoms. The van der Waals surface area contributed by atoms with Crippen molar-refractivity contribution in [3.05, 3.63) is 0 Å². The van der Waals surface area contributed by atoms with Gasteiger partial charge in [0, 0.05) is 0 Å². The van der Waals surface area contributed by atoms with Crippen LogP contribution in [0.2, 0.25) is 0 Å². The van der Waals surface area contributed by atoms with E-state index in [1.54, 1.807) is 0 Å². The maximum Gasteiger partial charge on any atom is 0.306 e. The highest BCUT2D eigenvalue weighted by Crippen LogP contribution is 2.26. The van der Waals surface area contributed by atoms with Crippen molar-refractivity contribution in [3.8, 4) is 0 Å². The molecule has 0 fully saturated rings. The van der Waals surface area contributed by atoms with E-state index in [1.165, 1.54) is 12.8 Å². The second kappa shape index (κ2) is 6.86. The summed E-state index contributed by atoms with van der Waals surface area (Å²) in [6.45, 7) is 10.5. The molecule has 4 atom stereocenters. The van der Waals surface area contributed by atoms with E-state index in [4.69, 9.17) is 5.11 Å². The molecule has 0 aromatic rings. The summed E-state index contributed by atoms with van der Waals surface area (Å²) in [6, 6.07) is 0. The number of hydrogen-bond acceptors (Lipinski definition) is 1. The molecule has 0 amide bonds. The van der Waals surface area contributed by atoms with E-state index in [2.05, 4.69) is 27.7 Å². The summed E-state index contributed by atoms with van der Waals surface area (Å²) in [4.78, 5) is 10.8. The van der Waals surface area contributed by atoms with Gasteiger partial charge in [-0.1, -0.05) is 53.9 Å². The van der Waals surface area contributed by atoms with Gasteiger partial charge in [-0.05, 0) is 17.8 Å². The van der Waals surface area contributed by atoms with Crippen molar-refractivity contribution in [2.75, 3.05) is 0 Å². The van der Waals surface area contributed by atoms with Gasteiger partial charge in [0.2, 0.25) is 0 Å². The van der Waals surface area contributed by atoms with Crippen LogP contribution in [-0.2, 0) is 4.79 Å². The lowest BCUT2D eigenvalue weighted by molar-refractivity contribution is -0.143. The van der Waals surface area contributed by atoms with Gasteiger partial charge in [0.05, 0.1) is 5.92 Å². The van der Waals surface area contributed by atoms with Crippen LogP contribution in [0.15, 0.2) is 0 Å². The number of rotatable bonds is 7. The third kappa shape index (κ3) is 5.19. The summed E-state index contributed by atoms with van der Waals surface area (Å²) in [5.41, 5.74) is 0. The minimum absolute atomic E-state index is 0.225. The summed E-state index contributed by atoms with van der Waals surface area (Å²) in [7, 11) is 0. The summed E-state index contributed by atoms with van der Waals surface area (Å²) >= 11 is 0. The molecule has 0 saturated heterocycles. The molecular formula is C13H26O2. The van der Waals surface area contributed by atoms with Crippen LogP contribution in [0.1, 0.15) is 53.9 Å². The first kappa shape index (κ1) is 14.5. The second-order valence-corrected chi connectivity index (χ2v) is 5.05. The number of hydrogen-bond donors (Lipinski definition) is 1. The van der Waals surface area contributed by atoms with Gasteiger partial charge in [0.1, 0.15) is 0 Å². The van der Waals surface area contributed by atoms with Gasteiger partial charge in [-0.2, -0.15) is 0 Å². The third-order valence-corrected chi connectivity index (χ3v) is 3.89. The van der Waals surface area contributed by atoms with Crippen molar-refractivity contribution in [3.63, 3.8) is 0 Å². The fraction of sp³-hybridized carbons (Fsp3) is 0.923. The smallest absolute Gasteiger partial charge is 0.306 e. The van der Waals surface area contributed by atoms with E-state index in [-0.39, 0.29) is 11.8 Å². The van der Waals surface area contributed by atoms with Crippen LogP contribution in [0.5, 0.6) is 0 Å². The highest BCUT2D eigenvalue weighted by Gasteiger charge is 2.24. The molecule has 0 saturated carbocycles. The predicted molar refractivity (Wildman–Crippen MR) is 63.8 cm³/mol. The number of carboxylic acids is 1. The maximum absolute atomic E-state index is 10.8. The zero-order valence-electron chi connectivity index (χ0n) is 10.8. The van der Waals surface area contributed by atoms with Crippen LogP contribution < -0.4 is 0 Å². The number of carbonyl (C=O) groups is 1. The summed E-state index contributed by atoms with van der Waals surface area (Å²) in [5.74, 6) is 0.645. The minimum atomic E-state index is -0.669. The molecule has 0 bridgehead atoms. The van der Waals surface area contributed by atoms with Gasteiger partial charge in [-0.15, -0.1) is 0 Å². The van der Waals surface area contributed by atoms with Gasteiger partial charge in [0.25, 0.3) is 0 Å². The Bertz CT molecular complexity index is 189. The van der Waals surface area contributed by atoms with E-state index >= 15 is 0 Å². The third-order valence-electron chi connectivity index (χ3n) is 3.89. The largest absolute Gasteiger partial charge is 0.481 e. The lowest BCUT2D eigenvalue weighted by atomic mass is 9.81. The highest BCUT2D eigenvalue weighted by atomic mass is 16.4. The zero-order chi connectivity index (χ0) is 12.0. The first-order valence-corrected chi connectivity index (χ1v) is 6.12. The maximum atomic E-state index is 10.8. The van der Waals surface area contributed by atoms with Gasteiger partial charge < -0.3 is 5.11 Å². The van der Waals surface area contributed by atoms with Gasteiger partial charge >= 0.3 is 5.97 Å². The lowest BCUT2D eigenvalue weighted by Crippen LogP contribution is -2.23. The van der Waals surface area contributed by atoms with E-state index in [0.717, 1.165) is 12.3 Å². The fourth-order valence-electron chi connectivity index (χ4n) is 1.73. The van der Waals surface area contributed by atoms with Crippen molar-refractivity contribution in [1.29, 1.82) is 0 Å². The second-order valence-electron chi connectivity index (χ2n) is 5.05. The quantitative estimate of drug-likeness (QED) is 0.699.